The highest BCUT2D eigenvalue weighted by atomic mass is 16.5. The zero-order valence-corrected chi connectivity index (χ0v) is 14.6. The van der Waals surface area contributed by atoms with E-state index in [9.17, 15) is 9.90 Å². The summed E-state index contributed by atoms with van der Waals surface area (Å²) in [6.07, 6.45) is 5.51. The van der Waals surface area contributed by atoms with Crippen LogP contribution in [0, 0.1) is 0 Å². The lowest BCUT2D eigenvalue weighted by molar-refractivity contribution is 0.171. The zero-order chi connectivity index (χ0) is 17.8. The smallest absolute Gasteiger partial charge is 0.318 e. The monoisotopic (exact) mass is 344 g/mol. The normalized spacial score (nSPS) is 14.8. The minimum atomic E-state index is -0.441. The van der Waals surface area contributed by atoms with Crippen molar-refractivity contribution >= 4 is 6.03 Å². The second-order valence-corrected chi connectivity index (χ2v) is 6.17. The molecule has 1 atom stereocenters. The Morgan fingerprint density at radius 3 is 2.84 bits per heavy atom. The van der Waals surface area contributed by atoms with Crippen LogP contribution in [0.25, 0.3) is 0 Å². The number of urea groups is 1. The Bertz CT molecular complexity index is 727. The lowest BCUT2D eigenvalue weighted by Gasteiger charge is -2.27. The molecule has 7 heteroatoms. The number of nitrogens with one attached hydrogen (secondary N) is 1. The maximum Gasteiger partial charge on any atom is 0.318 e. The summed E-state index contributed by atoms with van der Waals surface area (Å²) in [5.41, 5.74) is 0.840. The molecule has 1 aliphatic rings. The maximum absolute atomic E-state index is 12.8. The molecule has 25 heavy (non-hydrogen) atoms. The van der Waals surface area contributed by atoms with Crippen molar-refractivity contribution in [2.75, 3.05) is 20.3 Å². The van der Waals surface area contributed by atoms with Crippen molar-refractivity contribution in [2.24, 2.45) is 7.05 Å². The molecular formula is C18H24N4O3. The van der Waals surface area contributed by atoms with Gasteiger partial charge in [-0.05, 0) is 18.9 Å². The van der Waals surface area contributed by atoms with Crippen molar-refractivity contribution in [1.29, 1.82) is 0 Å². The average Bonchev–Trinajstić information content (AvgIpc) is 3.38. The molecule has 3 rings (SSSR count). The van der Waals surface area contributed by atoms with Crippen LogP contribution in [-0.2, 0) is 7.05 Å². The Morgan fingerprint density at radius 1 is 1.48 bits per heavy atom. The van der Waals surface area contributed by atoms with E-state index < -0.39 is 6.04 Å². The van der Waals surface area contributed by atoms with E-state index in [2.05, 4.69) is 10.3 Å². The van der Waals surface area contributed by atoms with Crippen LogP contribution in [-0.4, -0.2) is 51.9 Å². The number of methoxy groups -OCH3 is 1. The molecule has 0 radical (unpaired) electrons. The molecule has 1 fully saturated rings. The van der Waals surface area contributed by atoms with Gasteiger partial charge in [0, 0.05) is 37.6 Å². The number of aryl methyl sites for hydroxylation is 1. The number of imidazole rings is 1. The number of carbonyl (C=O) groups excluding carboxylic acids is 1. The minimum absolute atomic E-state index is 0.0500. The van der Waals surface area contributed by atoms with E-state index in [1.165, 1.54) is 0 Å². The molecule has 2 amide bonds. The first kappa shape index (κ1) is 17.3. The third-order valence-corrected chi connectivity index (χ3v) is 4.42. The molecule has 2 N–H and O–H groups in total. The van der Waals surface area contributed by atoms with Gasteiger partial charge in [-0.1, -0.05) is 18.2 Å². The number of hydrogen-bond acceptors (Lipinski definition) is 4. The number of nitrogens with zero attached hydrogens (tertiary/aromatic N) is 3. The first-order valence-corrected chi connectivity index (χ1v) is 8.43. The average molecular weight is 344 g/mol. The van der Waals surface area contributed by atoms with Crippen molar-refractivity contribution in [2.45, 2.75) is 24.9 Å². The maximum atomic E-state index is 12.8. The van der Waals surface area contributed by atoms with Crippen LogP contribution in [0.5, 0.6) is 5.75 Å². The molecule has 1 aromatic heterocycles. The second-order valence-electron chi connectivity index (χ2n) is 6.17. The van der Waals surface area contributed by atoms with Crippen molar-refractivity contribution in [1.82, 2.24) is 19.8 Å². The summed E-state index contributed by atoms with van der Waals surface area (Å²) in [7, 11) is 3.50. The lowest BCUT2D eigenvalue weighted by atomic mass is 10.0. The van der Waals surface area contributed by atoms with E-state index in [0.717, 1.165) is 24.2 Å². The summed E-state index contributed by atoms with van der Waals surface area (Å²) in [6, 6.07) is 7.16. The van der Waals surface area contributed by atoms with Crippen LogP contribution < -0.4 is 10.1 Å². The summed E-state index contributed by atoms with van der Waals surface area (Å²) in [5, 5.41) is 12.3. The van der Waals surface area contributed by atoms with Gasteiger partial charge in [0.2, 0.25) is 0 Å². The molecule has 0 saturated heterocycles. The number of aromatic nitrogens is 2. The summed E-state index contributed by atoms with van der Waals surface area (Å²) < 4.78 is 7.35. The molecular weight excluding hydrogens is 320 g/mol. The van der Waals surface area contributed by atoms with Gasteiger partial charge in [-0.3, -0.25) is 0 Å². The van der Waals surface area contributed by atoms with E-state index in [0.29, 0.717) is 12.3 Å². The number of rotatable bonds is 7. The predicted octanol–water partition coefficient (Wildman–Crippen LogP) is 1.68. The molecule has 1 saturated carbocycles. The number of aliphatic hydroxyl groups excluding tert-OH is 1. The fourth-order valence-corrected chi connectivity index (χ4v) is 2.99. The van der Waals surface area contributed by atoms with Gasteiger partial charge < -0.3 is 24.6 Å². The fourth-order valence-electron chi connectivity index (χ4n) is 2.99. The Labute approximate surface area is 147 Å². The molecule has 1 heterocycles. The Morgan fingerprint density at radius 2 is 2.24 bits per heavy atom. The van der Waals surface area contributed by atoms with Crippen LogP contribution in [0.4, 0.5) is 4.79 Å². The molecule has 1 aromatic carbocycles. The number of para-hydroxylation sites is 1. The van der Waals surface area contributed by atoms with Gasteiger partial charge in [0.1, 0.15) is 17.6 Å². The topological polar surface area (TPSA) is 79.6 Å². The van der Waals surface area contributed by atoms with Gasteiger partial charge >= 0.3 is 6.03 Å². The van der Waals surface area contributed by atoms with Gasteiger partial charge in [0.05, 0.1) is 13.7 Å². The van der Waals surface area contributed by atoms with Crippen LogP contribution >= 0.6 is 0 Å². The van der Waals surface area contributed by atoms with Gasteiger partial charge in [-0.25, -0.2) is 9.78 Å². The number of aliphatic hydroxyl groups is 1. The van der Waals surface area contributed by atoms with Crippen LogP contribution in [0.2, 0.25) is 0 Å². The Kier molecular flexibility index (Phi) is 5.23. The van der Waals surface area contributed by atoms with Crippen molar-refractivity contribution in [3.05, 3.63) is 48.0 Å². The third kappa shape index (κ3) is 3.76. The molecule has 7 nitrogen and oxygen atoms in total. The number of amides is 2. The van der Waals surface area contributed by atoms with E-state index >= 15 is 0 Å². The standard InChI is InChI=1S/C18H24N4O3/c1-21-10-9-19-17(21)16(14-5-3-4-6-15(14)25-2)20-18(24)22(11-12-23)13-7-8-13/h3-6,9-10,13,16,23H,7-8,11-12H2,1-2H3,(H,20,24)/t16-/m1/s1. The molecule has 0 unspecified atom stereocenters. The number of benzene rings is 1. The first-order valence-electron chi connectivity index (χ1n) is 8.43. The van der Waals surface area contributed by atoms with E-state index in [4.69, 9.17) is 4.74 Å². The Hall–Kier alpha value is -2.54. The summed E-state index contributed by atoms with van der Waals surface area (Å²) >= 11 is 0. The van der Waals surface area contributed by atoms with E-state index in [-0.39, 0.29) is 18.7 Å². The molecule has 1 aliphatic carbocycles. The van der Waals surface area contributed by atoms with Crippen molar-refractivity contribution in [3.63, 3.8) is 0 Å². The predicted molar refractivity (Wildman–Crippen MR) is 93.4 cm³/mol. The van der Waals surface area contributed by atoms with Gasteiger partial charge in [-0.2, -0.15) is 0 Å². The highest BCUT2D eigenvalue weighted by Crippen LogP contribution is 2.31. The lowest BCUT2D eigenvalue weighted by Crippen LogP contribution is -2.45. The SMILES string of the molecule is COc1ccccc1[C@@H](NC(=O)N(CCO)C1CC1)c1nccn1C. The van der Waals surface area contributed by atoms with E-state index in [1.54, 1.807) is 18.2 Å². The quantitative estimate of drug-likeness (QED) is 0.801. The number of carbonyl (C=O) groups is 1. The first-order chi connectivity index (χ1) is 12.2. The second kappa shape index (κ2) is 7.57. The molecule has 0 aliphatic heterocycles. The van der Waals surface area contributed by atoms with Crippen molar-refractivity contribution in [3.8, 4) is 5.75 Å². The Balaban J connectivity index is 1.92. The summed E-state index contributed by atoms with van der Waals surface area (Å²) in [4.78, 5) is 18.9. The van der Waals surface area contributed by atoms with Crippen LogP contribution in [0.1, 0.15) is 30.3 Å². The minimum Gasteiger partial charge on any atom is -0.496 e. The van der Waals surface area contributed by atoms with Crippen LogP contribution in [0.15, 0.2) is 36.7 Å². The van der Waals surface area contributed by atoms with Crippen LogP contribution in [0.3, 0.4) is 0 Å². The summed E-state index contributed by atoms with van der Waals surface area (Å²) in [6.45, 7) is 0.279. The highest BCUT2D eigenvalue weighted by molar-refractivity contribution is 5.76. The molecule has 0 spiro atoms. The molecule has 134 valence electrons. The highest BCUT2D eigenvalue weighted by Gasteiger charge is 2.34. The van der Waals surface area contributed by atoms with Gasteiger partial charge in [-0.15, -0.1) is 0 Å². The summed E-state index contributed by atoms with van der Waals surface area (Å²) in [5.74, 6) is 1.41. The molecule has 2 aromatic rings. The van der Waals surface area contributed by atoms with Gasteiger partial charge in [0.25, 0.3) is 0 Å². The number of ether oxygens (including phenoxy) is 1. The van der Waals surface area contributed by atoms with Crippen molar-refractivity contribution < 1.29 is 14.6 Å². The number of hydrogen-bond donors (Lipinski definition) is 2. The largest absolute Gasteiger partial charge is 0.496 e. The van der Waals surface area contributed by atoms with E-state index in [1.807, 2.05) is 42.1 Å². The zero-order valence-electron chi connectivity index (χ0n) is 14.6. The van der Waals surface area contributed by atoms with Gasteiger partial charge in [0.15, 0.2) is 0 Å². The third-order valence-electron chi connectivity index (χ3n) is 4.42. The molecule has 0 bridgehead atoms. The fraction of sp³-hybridized carbons (Fsp3) is 0.444.